The van der Waals surface area contributed by atoms with Crippen LogP contribution in [0.1, 0.15) is 41.5 Å². The van der Waals surface area contributed by atoms with Crippen LogP contribution in [0.4, 0.5) is 11.4 Å². The number of carboxylic acids is 1. The van der Waals surface area contributed by atoms with Crippen molar-refractivity contribution in [2.24, 2.45) is 0 Å². The number of hydrogen-bond donors (Lipinski definition) is 1. The number of carboxylic acid groups (broad SMARTS) is 1. The van der Waals surface area contributed by atoms with Crippen molar-refractivity contribution >= 4 is 23.3 Å². The van der Waals surface area contributed by atoms with Gasteiger partial charge in [-0.1, -0.05) is 0 Å². The van der Waals surface area contributed by atoms with Gasteiger partial charge in [0.15, 0.2) is 0 Å². The lowest BCUT2D eigenvalue weighted by Crippen LogP contribution is -2.28. The van der Waals surface area contributed by atoms with E-state index in [1.165, 1.54) is 6.07 Å². The van der Waals surface area contributed by atoms with Crippen molar-refractivity contribution in [3.8, 4) is 5.75 Å². The summed E-state index contributed by atoms with van der Waals surface area (Å²) in [5.74, 6) is -0.819. The fourth-order valence-electron chi connectivity index (χ4n) is 2.74. The number of rotatable bonds is 3. The van der Waals surface area contributed by atoms with Crippen LogP contribution in [-0.4, -0.2) is 35.8 Å². The van der Waals surface area contributed by atoms with Crippen molar-refractivity contribution in [2.75, 3.05) is 18.1 Å². The molecular weight excluding hydrogens is 334 g/mol. The lowest BCUT2D eigenvalue weighted by atomic mass is 10.1. The summed E-state index contributed by atoms with van der Waals surface area (Å²) in [6, 6.07) is 12.0. The van der Waals surface area contributed by atoms with Crippen molar-refractivity contribution in [1.82, 2.24) is 0 Å². The van der Waals surface area contributed by atoms with Crippen molar-refractivity contribution < 1.29 is 24.2 Å². The van der Waals surface area contributed by atoms with Crippen LogP contribution >= 0.6 is 0 Å². The molecule has 0 amide bonds. The Kier molecular flexibility index (Phi) is 4.59. The lowest BCUT2D eigenvalue weighted by molar-refractivity contribution is 0.00693. The van der Waals surface area contributed by atoms with E-state index in [0.717, 1.165) is 11.4 Å². The number of fused-ring (bicyclic) bond motifs is 1. The molecule has 26 heavy (non-hydrogen) atoms. The number of ether oxygens (including phenoxy) is 2. The van der Waals surface area contributed by atoms with Gasteiger partial charge in [-0.25, -0.2) is 9.59 Å². The van der Waals surface area contributed by atoms with E-state index in [4.69, 9.17) is 14.6 Å². The van der Waals surface area contributed by atoms with Crippen molar-refractivity contribution in [3.63, 3.8) is 0 Å². The molecule has 0 atom stereocenters. The Morgan fingerprint density at radius 3 is 2.35 bits per heavy atom. The van der Waals surface area contributed by atoms with Gasteiger partial charge < -0.3 is 19.5 Å². The molecule has 3 rings (SSSR count). The molecule has 0 saturated heterocycles. The zero-order valence-electron chi connectivity index (χ0n) is 15.0. The normalized spacial score (nSPS) is 13.6. The average molecular weight is 355 g/mol. The first-order chi connectivity index (χ1) is 12.2. The SMILES string of the molecule is CC(C)(C)OC(=O)c1ccc(N2CCOc3cc(C(=O)O)ccc32)cc1. The summed E-state index contributed by atoms with van der Waals surface area (Å²) < 4.78 is 11.0. The van der Waals surface area contributed by atoms with Crippen molar-refractivity contribution in [1.29, 1.82) is 0 Å². The summed E-state index contributed by atoms with van der Waals surface area (Å²) in [4.78, 5) is 25.3. The zero-order chi connectivity index (χ0) is 18.9. The van der Waals surface area contributed by atoms with E-state index < -0.39 is 11.6 Å². The Bertz CT molecular complexity index is 836. The first kappa shape index (κ1) is 17.8. The number of nitrogens with zero attached hydrogens (tertiary/aromatic N) is 1. The summed E-state index contributed by atoms with van der Waals surface area (Å²) in [6.45, 7) is 6.56. The largest absolute Gasteiger partial charge is 0.490 e. The number of carbonyl (C=O) groups is 2. The molecule has 1 N–H and O–H groups in total. The first-order valence-electron chi connectivity index (χ1n) is 8.36. The predicted octanol–water partition coefficient (Wildman–Crippen LogP) is 3.87. The number of anilines is 2. The molecule has 0 bridgehead atoms. The van der Waals surface area contributed by atoms with Crippen LogP contribution in [0.15, 0.2) is 42.5 Å². The maximum absolute atomic E-state index is 12.1. The summed E-state index contributed by atoms with van der Waals surface area (Å²) in [5.41, 5.74) is 1.82. The topological polar surface area (TPSA) is 76.1 Å². The van der Waals surface area contributed by atoms with Crippen LogP contribution in [0.2, 0.25) is 0 Å². The quantitative estimate of drug-likeness (QED) is 0.842. The highest BCUT2D eigenvalue weighted by atomic mass is 16.6. The molecule has 6 nitrogen and oxygen atoms in total. The molecule has 1 aliphatic rings. The van der Waals surface area contributed by atoms with E-state index in [1.807, 2.05) is 37.8 Å². The van der Waals surface area contributed by atoms with Crippen molar-refractivity contribution in [2.45, 2.75) is 26.4 Å². The van der Waals surface area contributed by atoms with Gasteiger partial charge in [0.05, 0.1) is 23.4 Å². The number of benzene rings is 2. The molecule has 1 heterocycles. The van der Waals surface area contributed by atoms with Gasteiger partial charge in [-0.2, -0.15) is 0 Å². The molecule has 136 valence electrons. The Morgan fingerprint density at radius 2 is 1.73 bits per heavy atom. The Labute approximate surface area is 152 Å². The number of aromatic carboxylic acids is 1. The fraction of sp³-hybridized carbons (Fsp3) is 0.300. The third-order valence-corrected chi connectivity index (χ3v) is 3.88. The fourth-order valence-corrected chi connectivity index (χ4v) is 2.74. The monoisotopic (exact) mass is 355 g/mol. The van der Waals surface area contributed by atoms with Crippen molar-refractivity contribution in [3.05, 3.63) is 53.6 Å². The van der Waals surface area contributed by atoms with Crippen LogP contribution in [0.5, 0.6) is 5.75 Å². The van der Waals surface area contributed by atoms with Gasteiger partial charge in [0.2, 0.25) is 0 Å². The van der Waals surface area contributed by atoms with Crippen LogP contribution in [-0.2, 0) is 4.74 Å². The molecular formula is C20H21NO5. The lowest BCUT2D eigenvalue weighted by Gasteiger charge is -2.31. The van der Waals surface area contributed by atoms with Crippen LogP contribution < -0.4 is 9.64 Å². The van der Waals surface area contributed by atoms with Gasteiger partial charge in [-0.15, -0.1) is 0 Å². The first-order valence-corrected chi connectivity index (χ1v) is 8.36. The third-order valence-electron chi connectivity index (χ3n) is 3.88. The molecule has 2 aromatic carbocycles. The Hall–Kier alpha value is -3.02. The second-order valence-corrected chi connectivity index (χ2v) is 7.04. The standard InChI is InChI=1S/C20H21NO5/c1-20(2,3)26-19(24)13-4-7-15(8-5-13)21-10-11-25-17-12-14(18(22)23)6-9-16(17)21/h4-9,12H,10-11H2,1-3H3,(H,22,23). The number of esters is 1. The molecule has 0 fully saturated rings. The van der Waals surface area contributed by atoms with E-state index >= 15 is 0 Å². The van der Waals surface area contributed by atoms with Gasteiger partial charge in [0.25, 0.3) is 0 Å². The molecule has 6 heteroatoms. The molecule has 0 aromatic heterocycles. The maximum Gasteiger partial charge on any atom is 0.338 e. The van der Waals surface area contributed by atoms with E-state index in [1.54, 1.807) is 24.3 Å². The summed E-state index contributed by atoms with van der Waals surface area (Å²) >= 11 is 0. The number of hydrogen-bond acceptors (Lipinski definition) is 5. The zero-order valence-corrected chi connectivity index (χ0v) is 15.0. The molecule has 1 aliphatic heterocycles. The van der Waals surface area contributed by atoms with Gasteiger partial charge in [0.1, 0.15) is 18.0 Å². The van der Waals surface area contributed by atoms with Gasteiger partial charge in [0, 0.05) is 5.69 Å². The highest BCUT2D eigenvalue weighted by Crippen LogP contribution is 2.37. The number of carbonyl (C=O) groups excluding carboxylic acids is 1. The molecule has 2 aromatic rings. The second-order valence-electron chi connectivity index (χ2n) is 7.04. The van der Waals surface area contributed by atoms with E-state index in [9.17, 15) is 9.59 Å². The third kappa shape index (κ3) is 3.79. The Balaban J connectivity index is 1.85. The molecule has 0 unspecified atom stereocenters. The van der Waals surface area contributed by atoms with Gasteiger partial charge in [-0.3, -0.25) is 0 Å². The van der Waals surface area contributed by atoms with Gasteiger partial charge >= 0.3 is 11.9 Å². The highest BCUT2D eigenvalue weighted by Gasteiger charge is 2.22. The summed E-state index contributed by atoms with van der Waals surface area (Å²) in [5, 5.41) is 9.12. The average Bonchev–Trinajstić information content (AvgIpc) is 2.59. The Morgan fingerprint density at radius 1 is 1.08 bits per heavy atom. The minimum atomic E-state index is -0.991. The van der Waals surface area contributed by atoms with E-state index in [2.05, 4.69) is 0 Å². The van der Waals surface area contributed by atoms with Crippen LogP contribution in [0, 0.1) is 0 Å². The van der Waals surface area contributed by atoms with Gasteiger partial charge in [-0.05, 0) is 63.2 Å². The summed E-state index contributed by atoms with van der Waals surface area (Å²) in [7, 11) is 0. The molecule has 0 radical (unpaired) electrons. The minimum absolute atomic E-state index is 0.186. The molecule has 0 saturated carbocycles. The van der Waals surface area contributed by atoms with Crippen LogP contribution in [0.3, 0.4) is 0 Å². The highest BCUT2D eigenvalue weighted by molar-refractivity contribution is 5.91. The van der Waals surface area contributed by atoms with E-state index in [0.29, 0.717) is 24.5 Å². The maximum atomic E-state index is 12.1. The molecule has 0 spiro atoms. The minimum Gasteiger partial charge on any atom is -0.490 e. The van der Waals surface area contributed by atoms with Crippen LogP contribution in [0.25, 0.3) is 0 Å². The smallest absolute Gasteiger partial charge is 0.338 e. The molecule has 0 aliphatic carbocycles. The van der Waals surface area contributed by atoms with E-state index in [-0.39, 0.29) is 11.5 Å². The predicted molar refractivity (Wildman–Crippen MR) is 97.5 cm³/mol. The second kappa shape index (κ2) is 6.71. The summed E-state index contributed by atoms with van der Waals surface area (Å²) in [6.07, 6.45) is 0.